The number of benzene rings is 1. The molecule has 1 heterocycles. The van der Waals surface area contributed by atoms with E-state index >= 15 is 0 Å². The van der Waals surface area contributed by atoms with E-state index in [1.54, 1.807) is 0 Å². The third-order valence-electron chi connectivity index (χ3n) is 12.5. The lowest BCUT2D eigenvalue weighted by Crippen LogP contribution is -2.51. The third-order valence-corrected chi connectivity index (χ3v) is 12.5. The van der Waals surface area contributed by atoms with Gasteiger partial charge in [0.25, 0.3) is 5.91 Å². The molecule has 1 aliphatic heterocycles. The summed E-state index contributed by atoms with van der Waals surface area (Å²) in [5.74, 6) is 1.98. The van der Waals surface area contributed by atoms with Crippen molar-refractivity contribution in [1.29, 1.82) is 0 Å². The second kappa shape index (κ2) is 11.4. The molecule has 42 heavy (non-hydrogen) atoms. The molecule has 0 aromatic heterocycles. The molecule has 0 bridgehead atoms. The van der Waals surface area contributed by atoms with Gasteiger partial charge in [0.2, 0.25) is 0 Å². The fourth-order valence-electron chi connectivity index (χ4n) is 10.2. The van der Waals surface area contributed by atoms with Gasteiger partial charge < -0.3 is 20.0 Å². The van der Waals surface area contributed by atoms with Crippen LogP contribution in [-0.2, 0) is 19.8 Å². The van der Waals surface area contributed by atoms with Gasteiger partial charge in [0.1, 0.15) is 0 Å². The first-order valence-electron chi connectivity index (χ1n) is 16.6. The minimum atomic E-state index is -0.183. The Hall–Kier alpha value is -2.18. The fraction of sp³-hybridized carbons (Fsp3) is 0.722. The molecule has 3 saturated carbocycles. The number of fused-ring (bicyclic) bond motifs is 5. The molecular formula is C36H52N2O4. The average molecular weight is 577 g/mol. The van der Waals surface area contributed by atoms with Crippen LogP contribution < -0.4 is 5.32 Å². The fourth-order valence-corrected chi connectivity index (χ4v) is 10.2. The van der Waals surface area contributed by atoms with E-state index in [1.807, 2.05) is 0 Å². The van der Waals surface area contributed by atoms with Gasteiger partial charge in [-0.25, -0.2) is 0 Å². The maximum atomic E-state index is 12.7. The van der Waals surface area contributed by atoms with Crippen LogP contribution in [0.3, 0.4) is 0 Å². The minimum Gasteiger partial charge on any atom is -0.393 e. The van der Waals surface area contributed by atoms with Gasteiger partial charge in [-0.1, -0.05) is 54.9 Å². The smallest absolute Gasteiger partial charge is 0.260 e. The Morgan fingerprint density at radius 2 is 1.83 bits per heavy atom. The molecule has 0 unspecified atom stereocenters. The number of aliphatic hydroxyl groups excluding tert-OH is 1. The highest BCUT2D eigenvalue weighted by molar-refractivity contribution is 5.96. The summed E-state index contributed by atoms with van der Waals surface area (Å²) in [6.45, 7) is 10.4. The van der Waals surface area contributed by atoms with Gasteiger partial charge in [-0.3, -0.25) is 4.79 Å². The topological polar surface area (TPSA) is 80.2 Å². The Kier molecular flexibility index (Phi) is 8.10. The highest BCUT2D eigenvalue weighted by Crippen LogP contribution is 2.65. The Morgan fingerprint density at radius 1 is 1.02 bits per heavy atom. The average Bonchev–Trinajstić information content (AvgIpc) is 3.27. The summed E-state index contributed by atoms with van der Waals surface area (Å²) < 4.78 is 6.03. The highest BCUT2D eigenvalue weighted by Gasteiger charge is 2.58. The molecule has 6 rings (SSSR count). The summed E-state index contributed by atoms with van der Waals surface area (Å²) >= 11 is 0. The second-order valence-electron chi connectivity index (χ2n) is 15.3. The van der Waals surface area contributed by atoms with Crippen molar-refractivity contribution in [2.24, 2.45) is 33.7 Å². The van der Waals surface area contributed by atoms with E-state index in [9.17, 15) is 9.90 Å². The van der Waals surface area contributed by atoms with Crippen molar-refractivity contribution in [3.05, 3.63) is 47.5 Å². The Balaban J connectivity index is 1.02. The molecule has 4 fully saturated rings. The van der Waals surface area contributed by atoms with Gasteiger partial charge in [0.05, 0.1) is 17.4 Å². The zero-order valence-electron chi connectivity index (χ0n) is 26.3. The first kappa shape index (κ1) is 29.9. The zero-order chi connectivity index (χ0) is 29.6. The lowest BCUT2D eigenvalue weighted by atomic mass is 9.47. The molecule has 230 valence electrons. The number of allylic oxidation sites excluding steroid dienone is 2. The van der Waals surface area contributed by atoms with Crippen molar-refractivity contribution in [2.75, 3.05) is 19.8 Å². The molecule has 6 nitrogen and oxygen atoms in total. The maximum absolute atomic E-state index is 12.7. The van der Waals surface area contributed by atoms with Crippen LogP contribution in [0.1, 0.15) is 104 Å². The first-order valence-corrected chi connectivity index (χ1v) is 16.6. The van der Waals surface area contributed by atoms with Crippen molar-refractivity contribution >= 4 is 11.6 Å². The predicted molar refractivity (Wildman–Crippen MR) is 166 cm³/mol. The predicted octanol–water partition coefficient (Wildman–Crippen LogP) is 6.72. The van der Waals surface area contributed by atoms with Gasteiger partial charge >= 0.3 is 0 Å². The third kappa shape index (κ3) is 5.47. The molecule has 1 aromatic rings. The van der Waals surface area contributed by atoms with E-state index in [1.165, 1.54) is 30.4 Å². The largest absolute Gasteiger partial charge is 0.393 e. The van der Waals surface area contributed by atoms with Crippen molar-refractivity contribution in [1.82, 2.24) is 5.32 Å². The number of carbonyl (C=O) groups excluding carboxylic acids is 1. The van der Waals surface area contributed by atoms with Gasteiger partial charge in [-0.05, 0) is 125 Å². The van der Waals surface area contributed by atoms with Crippen LogP contribution in [0.2, 0.25) is 0 Å². The van der Waals surface area contributed by atoms with Crippen LogP contribution in [-0.4, -0.2) is 48.2 Å². The van der Waals surface area contributed by atoms with E-state index in [4.69, 9.17) is 9.57 Å². The number of nitrogens with one attached hydrogen (secondary N) is 1. The molecule has 0 radical (unpaired) electrons. The second-order valence-corrected chi connectivity index (χ2v) is 15.3. The SMILES string of the molecule is CC1(C)C[C@](CCNC(=O)CO/N=C2\C=C3CC[C@H]4[C@@H]5CC[C@@H](O)[C@@]5(C)CC[C@@H]4[C@@]3(C)CC2)(c2ccccc2)CCO1. The minimum absolute atomic E-state index is 0.00810. The molecule has 1 amide bonds. The monoisotopic (exact) mass is 576 g/mol. The van der Waals surface area contributed by atoms with Crippen molar-refractivity contribution in [2.45, 2.75) is 115 Å². The number of rotatable bonds is 7. The van der Waals surface area contributed by atoms with E-state index in [2.05, 4.69) is 74.6 Å². The van der Waals surface area contributed by atoms with Crippen LogP contribution >= 0.6 is 0 Å². The summed E-state index contributed by atoms with van der Waals surface area (Å²) in [4.78, 5) is 18.3. The van der Waals surface area contributed by atoms with Gasteiger partial charge in [-0.15, -0.1) is 0 Å². The van der Waals surface area contributed by atoms with Crippen LogP contribution in [0.15, 0.2) is 47.1 Å². The number of carbonyl (C=O) groups is 1. The molecule has 4 aliphatic carbocycles. The molecule has 1 saturated heterocycles. The molecule has 7 atom stereocenters. The number of nitrogens with zero attached hydrogens (tertiary/aromatic N) is 1. The summed E-state index contributed by atoms with van der Waals surface area (Å²) in [5, 5.41) is 18.3. The van der Waals surface area contributed by atoms with Gasteiger partial charge in [0.15, 0.2) is 6.61 Å². The molecular weight excluding hydrogens is 524 g/mol. The molecule has 5 aliphatic rings. The van der Waals surface area contributed by atoms with Crippen LogP contribution in [0.4, 0.5) is 0 Å². The molecule has 6 heteroatoms. The number of ether oxygens (including phenoxy) is 1. The number of hydrogen-bond acceptors (Lipinski definition) is 5. The van der Waals surface area contributed by atoms with E-state index in [0.29, 0.717) is 18.4 Å². The number of oxime groups is 1. The standard InChI is InChI=1S/C36H52N2O4/c1-33(2)24-36(19-21-41-33,25-8-6-5-7-9-25)18-20-37-32(40)23-42-38-27-14-16-34(3)26(22-27)10-11-28-29-12-13-31(39)35(29,4)17-15-30(28)34/h5-9,22,28-31,39H,10-21,23-24H2,1-4H3,(H,37,40)/b38-27-/t28-,29-,30-,31+,34-,35-,36+/m0/s1. The maximum Gasteiger partial charge on any atom is 0.260 e. The van der Waals surface area contributed by atoms with Gasteiger partial charge in [0, 0.05) is 18.6 Å². The van der Waals surface area contributed by atoms with Crippen LogP contribution in [0.5, 0.6) is 0 Å². The first-order chi connectivity index (χ1) is 20.0. The number of hydrogen-bond donors (Lipinski definition) is 2. The summed E-state index contributed by atoms with van der Waals surface area (Å²) in [5.41, 5.74) is 3.98. The van der Waals surface area contributed by atoms with Gasteiger partial charge in [-0.2, -0.15) is 0 Å². The lowest BCUT2D eigenvalue weighted by Gasteiger charge is -2.57. The molecule has 1 aromatic carbocycles. The van der Waals surface area contributed by atoms with E-state index < -0.39 is 0 Å². The van der Waals surface area contributed by atoms with Crippen molar-refractivity contribution < 1.29 is 19.5 Å². The Morgan fingerprint density at radius 3 is 2.62 bits per heavy atom. The van der Waals surface area contributed by atoms with Crippen LogP contribution in [0, 0.1) is 28.6 Å². The van der Waals surface area contributed by atoms with Crippen LogP contribution in [0.25, 0.3) is 0 Å². The van der Waals surface area contributed by atoms with Crippen molar-refractivity contribution in [3.63, 3.8) is 0 Å². The normalized spacial score (nSPS) is 39.9. The molecule has 0 spiro atoms. The van der Waals surface area contributed by atoms with Crippen molar-refractivity contribution in [3.8, 4) is 0 Å². The Bertz CT molecular complexity index is 1210. The quantitative estimate of drug-likeness (QED) is 0.353. The van der Waals surface area contributed by atoms with E-state index in [0.717, 1.165) is 69.6 Å². The lowest BCUT2D eigenvalue weighted by molar-refractivity contribution is -0.125. The summed E-state index contributed by atoms with van der Waals surface area (Å²) in [7, 11) is 0. The summed E-state index contributed by atoms with van der Waals surface area (Å²) in [6, 6.07) is 10.7. The molecule has 2 N–H and O–H groups in total. The van der Waals surface area contributed by atoms with E-state index in [-0.39, 0.29) is 40.5 Å². The number of aliphatic hydroxyl groups is 1. The summed E-state index contributed by atoms with van der Waals surface area (Å²) in [6.07, 6.45) is 13.8. The number of amides is 1. The zero-order valence-corrected chi connectivity index (χ0v) is 26.3. The Labute approximate surface area is 252 Å². The highest BCUT2D eigenvalue weighted by atomic mass is 16.6.